The van der Waals surface area contributed by atoms with Gasteiger partial charge in [0.05, 0.1) is 6.10 Å². The highest BCUT2D eigenvalue weighted by Gasteiger charge is 2.19. The number of nitrogens with two attached hydrogens (primary N) is 1. The normalized spacial score (nSPS) is 14.8. The maximum absolute atomic E-state index is 9.94. The standard InChI is InChI=1S/C12H19NO3/c13-7-5-11(15)12(16)10-4-2-1-3-9(10)6-8-14/h1-4,11-12,14-16H,5-8,13H2. The topological polar surface area (TPSA) is 86.7 Å². The molecule has 0 radical (unpaired) electrons. The predicted molar refractivity (Wildman–Crippen MR) is 61.9 cm³/mol. The van der Waals surface area contributed by atoms with Gasteiger partial charge in [-0.25, -0.2) is 0 Å². The lowest BCUT2D eigenvalue weighted by Gasteiger charge is -2.20. The zero-order valence-electron chi connectivity index (χ0n) is 9.21. The Bertz CT molecular complexity index is 317. The van der Waals surface area contributed by atoms with Crippen molar-refractivity contribution in [3.05, 3.63) is 35.4 Å². The first kappa shape index (κ1) is 13.1. The molecule has 0 spiro atoms. The molecule has 0 aliphatic heterocycles. The summed E-state index contributed by atoms with van der Waals surface area (Å²) in [6.07, 6.45) is -0.965. The molecule has 16 heavy (non-hydrogen) atoms. The molecule has 2 atom stereocenters. The number of benzene rings is 1. The number of hydrogen-bond donors (Lipinski definition) is 4. The maximum atomic E-state index is 9.94. The minimum absolute atomic E-state index is 0.0245. The average molecular weight is 225 g/mol. The Balaban J connectivity index is 2.84. The zero-order valence-corrected chi connectivity index (χ0v) is 9.21. The van der Waals surface area contributed by atoms with Gasteiger partial charge in [-0.1, -0.05) is 24.3 Å². The summed E-state index contributed by atoms with van der Waals surface area (Å²) in [6, 6.07) is 7.24. The SMILES string of the molecule is NCCC(O)C(O)c1ccccc1CCO. The lowest BCUT2D eigenvalue weighted by molar-refractivity contribution is 0.0144. The van der Waals surface area contributed by atoms with Gasteiger partial charge in [0.25, 0.3) is 0 Å². The predicted octanol–water partition coefficient (Wildman–Crippen LogP) is -0.0355. The molecule has 4 heteroatoms. The third-order valence-electron chi connectivity index (χ3n) is 2.58. The fraction of sp³-hybridized carbons (Fsp3) is 0.500. The van der Waals surface area contributed by atoms with E-state index in [1.54, 1.807) is 12.1 Å². The van der Waals surface area contributed by atoms with Crippen LogP contribution in [0.15, 0.2) is 24.3 Å². The van der Waals surface area contributed by atoms with Crippen LogP contribution in [0, 0.1) is 0 Å². The van der Waals surface area contributed by atoms with Gasteiger partial charge in [-0.2, -0.15) is 0 Å². The molecule has 0 saturated carbocycles. The van der Waals surface area contributed by atoms with Crippen LogP contribution in [0.5, 0.6) is 0 Å². The van der Waals surface area contributed by atoms with Crippen LogP contribution in [0.3, 0.4) is 0 Å². The summed E-state index contributed by atoms with van der Waals surface area (Å²) in [5.41, 5.74) is 6.85. The third kappa shape index (κ3) is 3.28. The smallest absolute Gasteiger partial charge is 0.105 e. The molecule has 0 aromatic heterocycles. The van der Waals surface area contributed by atoms with Gasteiger partial charge in [0.1, 0.15) is 6.10 Å². The van der Waals surface area contributed by atoms with Crippen molar-refractivity contribution in [2.24, 2.45) is 5.73 Å². The molecule has 0 fully saturated rings. The summed E-state index contributed by atoms with van der Waals surface area (Å²) in [6.45, 7) is 0.358. The molecule has 0 aliphatic carbocycles. The molecule has 0 saturated heterocycles. The number of aliphatic hydroxyl groups excluding tert-OH is 3. The molecule has 1 rings (SSSR count). The van der Waals surface area contributed by atoms with E-state index < -0.39 is 12.2 Å². The minimum atomic E-state index is -0.939. The van der Waals surface area contributed by atoms with Gasteiger partial charge < -0.3 is 21.1 Å². The van der Waals surface area contributed by atoms with Gasteiger partial charge in [0, 0.05) is 6.61 Å². The Labute approximate surface area is 95.3 Å². The first-order valence-electron chi connectivity index (χ1n) is 5.45. The molecular formula is C12H19NO3. The second-order valence-electron chi connectivity index (χ2n) is 3.76. The van der Waals surface area contributed by atoms with Crippen LogP contribution < -0.4 is 5.73 Å². The summed E-state index contributed by atoms with van der Waals surface area (Å²) in [5, 5.41) is 28.5. The molecule has 0 aliphatic rings. The van der Waals surface area contributed by atoms with E-state index in [-0.39, 0.29) is 6.61 Å². The number of aliphatic hydroxyl groups is 3. The van der Waals surface area contributed by atoms with E-state index in [4.69, 9.17) is 10.8 Å². The second kappa shape index (κ2) is 6.60. The van der Waals surface area contributed by atoms with Crippen molar-refractivity contribution < 1.29 is 15.3 Å². The van der Waals surface area contributed by atoms with Gasteiger partial charge in [-0.15, -0.1) is 0 Å². The quantitative estimate of drug-likeness (QED) is 0.547. The highest BCUT2D eigenvalue weighted by molar-refractivity contribution is 5.29. The molecule has 0 heterocycles. The van der Waals surface area contributed by atoms with Crippen molar-refractivity contribution in [3.8, 4) is 0 Å². The van der Waals surface area contributed by atoms with Crippen LogP contribution >= 0.6 is 0 Å². The molecule has 0 bridgehead atoms. The fourth-order valence-corrected chi connectivity index (χ4v) is 1.71. The van der Waals surface area contributed by atoms with Gasteiger partial charge in [0.15, 0.2) is 0 Å². The zero-order chi connectivity index (χ0) is 12.0. The molecule has 1 aromatic carbocycles. The van der Waals surface area contributed by atoms with Gasteiger partial charge in [0.2, 0.25) is 0 Å². The summed E-state index contributed by atoms with van der Waals surface area (Å²) in [4.78, 5) is 0. The van der Waals surface area contributed by atoms with Gasteiger partial charge in [-0.05, 0) is 30.5 Å². The minimum Gasteiger partial charge on any atom is -0.396 e. The second-order valence-corrected chi connectivity index (χ2v) is 3.76. The maximum Gasteiger partial charge on any atom is 0.105 e. The van der Waals surface area contributed by atoms with Crippen LogP contribution in [0.25, 0.3) is 0 Å². The Morgan fingerprint density at radius 1 is 1.19 bits per heavy atom. The molecule has 1 aromatic rings. The first-order valence-corrected chi connectivity index (χ1v) is 5.45. The lowest BCUT2D eigenvalue weighted by atomic mass is 9.95. The largest absolute Gasteiger partial charge is 0.396 e. The van der Waals surface area contributed by atoms with Crippen molar-refractivity contribution in [2.75, 3.05) is 13.2 Å². The van der Waals surface area contributed by atoms with Crippen molar-refractivity contribution in [1.29, 1.82) is 0 Å². The molecule has 90 valence electrons. The summed E-state index contributed by atoms with van der Waals surface area (Å²) in [7, 11) is 0. The van der Waals surface area contributed by atoms with E-state index in [0.29, 0.717) is 24.9 Å². The Kier molecular flexibility index (Phi) is 5.42. The molecular weight excluding hydrogens is 206 g/mol. The van der Waals surface area contributed by atoms with Crippen molar-refractivity contribution in [3.63, 3.8) is 0 Å². The Hall–Kier alpha value is -0.940. The average Bonchev–Trinajstić information content (AvgIpc) is 2.29. The number of hydrogen-bond acceptors (Lipinski definition) is 4. The van der Waals surface area contributed by atoms with E-state index in [0.717, 1.165) is 5.56 Å². The van der Waals surface area contributed by atoms with Gasteiger partial charge >= 0.3 is 0 Å². The van der Waals surface area contributed by atoms with Crippen LogP contribution in [0.1, 0.15) is 23.7 Å². The lowest BCUT2D eigenvalue weighted by Crippen LogP contribution is -2.22. The Morgan fingerprint density at radius 3 is 2.50 bits per heavy atom. The van der Waals surface area contributed by atoms with E-state index in [1.165, 1.54) is 0 Å². The molecule has 4 nitrogen and oxygen atoms in total. The van der Waals surface area contributed by atoms with Crippen molar-refractivity contribution in [1.82, 2.24) is 0 Å². The molecule has 5 N–H and O–H groups in total. The Morgan fingerprint density at radius 2 is 1.88 bits per heavy atom. The summed E-state index contributed by atoms with van der Waals surface area (Å²) in [5.74, 6) is 0. The van der Waals surface area contributed by atoms with E-state index in [2.05, 4.69) is 0 Å². The highest BCUT2D eigenvalue weighted by Crippen LogP contribution is 2.22. The fourth-order valence-electron chi connectivity index (χ4n) is 1.71. The number of rotatable bonds is 6. The van der Waals surface area contributed by atoms with E-state index >= 15 is 0 Å². The summed E-state index contributed by atoms with van der Waals surface area (Å²) >= 11 is 0. The van der Waals surface area contributed by atoms with Crippen LogP contribution in [-0.2, 0) is 6.42 Å². The highest BCUT2D eigenvalue weighted by atomic mass is 16.3. The third-order valence-corrected chi connectivity index (χ3v) is 2.58. The van der Waals surface area contributed by atoms with E-state index in [1.807, 2.05) is 12.1 Å². The van der Waals surface area contributed by atoms with Crippen LogP contribution in [-0.4, -0.2) is 34.6 Å². The van der Waals surface area contributed by atoms with Crippen LogP contribution in [0.2, 0.25) is 0 Å². The van der Waals surface area contributed by atoms with Gasteiger partial charge in [-0.3, -0.25) is 0 Å². The van der Waals surface area contributed by atoms with Crippen molar-refractivity contribution in [2.45, 2.75) is 25.0 Å². The monoisotopic (exact) mass is 225 g/mol. The summed E-state index contributed by atoms with van der Waals surface area (Å²) < 4.78 is 0. The van der Waals surface area contributed by atoms with Crippen molar-refractivity contribution >= 4 is 0 Å². The van der Waals surface area contributed by atoms with Crippen LogP contribution in [0.4, 0.5) is 0 Å². The van der Waals surface area contributed by atoms with E-state index in [9.17, 15) is 10.2 Å². The first-order chi connectivity index (χ1) is 7.70. The molecule has 0 amide bonds. The molecule has 2 unspecified atom stereocenters.